The lowest BCUT2D eigenvalue weighted by Crippen LogP contribution is -2.30. The fraction of sp³-hybridized carbons (Fsp3) is 1.00. The Balaban J connectivity index is 1.92. The number of hydrogen-bond donors (Lipinski definition) is 1. The molecule has 0 aliphatic heterocycles. The van der Waals surface area contributed by atoms with Crippen molar-refractivity contribution in [2.75, 3.05) is 0 Å². The normalized spacial score (nSPS) is 59.6. The number of hydrogen-bond acceptors (Lipinski definition) is 1. The van der Waals surface area contributed by atoms with Crippen LogP contribution in [0, 0.1) is 35.0 Å². The topological polar surface area (TPSA) is 20.2 Å². The highest BCUT2D eigenvalue weighted by Gasteiger charge is 2.77. The molecule has 0 unspecified atom stereocenters. The second-order valence-electron chi connectivity index (χ2n) is 7.36. The first-order valence-electron chi connectivity index (χ1n) is 7.13. The molecule has 1 heteroatoms. The number of aliphatic hydroxyl groups is 1. The zero-order chi connectivity index (χ0) is 11.7. The molecule has 0 amide bonds. The average molecular weight is 222 g/mol. The van der Waals surface area contributed by atoms with Gasteiger partial charge in [0, 0.05) is 0 Å². The van der Waals surface area contributed by atoms with Crippen molar-refractivity contribution >= 4 is 0 Å². The quantitative estimate of drug-likeness (QED) is 0.720. The van der Waals surface area contributed by atoms with Crippen molar-refractivity contribution in [3.63, 3.8) is 0 Å². The van der Waals surface area contributed by atoms with Crippen LogP contribution in [0.25, 0.3) is 0 Å². The zero-order valence-electron chi connectivity index (χ0n) is 11.2. The zero-order valence-corrected chi connectivity index (χ0v) is 11.2. The van der Waals surface area contributed by atoms with E-state index in [2.05, 4.69) is 27.7 Å². The summed E-state index contributed by atoms with van der Waals surface area (Å²) in [5.41, 5.74) is 0.201. The molecule has 6 atom stereocenters. The smallest absolute Gasteiger partial charge is 0.0656 e. The van der Waals surface area contributed by atoms with E-state index in [-0.39, 0.29) is 5.60 Å². The SMILES string of the molecule is CC(C)[C@H]1CC[C@@H](C)[C@]23CC[C@@](C)(O)[C@H]2[C@H]13. The summed E-state index contributed by atoms with van der Waals surface area (Å²) in [5.74, 6) is 4.01. The molecule has 0 aromatic carbocycles. The van der Waals surface area contributed by atoms with Crippen LogP contribution in [0.3, 0.4) is 0 Å². The minimum Gasteiger partial charge on any atom is -0.390 e. The molecule has 1 nitrogen and oxygen atoms in total. The molecule has 16 heavy (non-hydrogen) atoms. The van der Waals surface area contributed by atoms with Crippen molar-refractivity contribution < 1.29 is 5.11 Å². The fourth-order valence-corrected chi connectivity index (χ4v) is 5.57. The van der Waals surface area contributed by atoms with Gasteiger partial charge in [-0.05, 0) is 67.6 Å². The van der Waals surface area contributed by atoms with E-state index in [1.807, 2.05) is 0 Å². The third-order valence-corrected chi connectivity index (χ3v) is 6.35. The van der Waals surface area contributed by atoms with Gasteiger partial charge in [0.25, 0.3) is 0 Å². The lowest BCUT2D eigenvalue weighted by molar-refractivity contribution is 0.0291. The van der Waals surface area contributed by atoms with Gasteiger partial charge in [0.2, 0.25) is 0 Å². The van der Waals surface area contributed by atoms with Gasteiger partial charge in [-0.15, -0.1) is 0 Å². The monoisotopic (exact) mass is 222 g/mol. The van der Waals surface area contributed by atoms with Gasteiger partial charge in [-0.25, -0.2) is 0 Å². The predicted molar refractivity (Wildman–Crippen MR) is 66.0 cm³/mol. The summed E-state index contributed by atoms with van der Waals surface area (Å²) in [6, 6.07) is 0. The van der Waals surface area contributed by atoms with Gasteiger partial charge in [0.1, 0.15) is 0 Å². The van der Waals surface area contributed by atoms with Gasteiger partial charge in [0.15, 0.2) is 0 Å². The molecule has 92 valence electrons. The van der Waals surface area contributed by atoms with Crippen LogP contribution in [0.5, 0.6) is 0 Å². The first-order valence-corrected chi connectivity index (χ1v) is 7.13. The Bertz CT molecular complexity index is 307. The maximum Gasteiger partial charge on any atom is 0.0656 e. The van der Waals surface area contributed by atoms with E-state index in [9.17, 15) is 5.11 Å². The second kappa shape index (κ2) is 3.04. The largest absolute Gasteiger partial charge is 0.390 e. The predicted octanol–water partition coefficient (Wildman–Crippen LogP) is 3.47. The molecule has 0 aromatic rings. The van der Waals surface area contributed by atoms with Crippen LogP contribution in [0.1, 0.15) is 53.4 Å². The third-order valence-electron chi connectivity index (χ3n) is 6.35. The van der Waals surface area contributed by atoms with Gasteiger partial charge in [-0.1, -0.05) is 20.8 Å². The standard InChI is InChI=1S/C15H26O/c1-9(2)11-6-5-10(3)15-8-7-14(4,16)13(15)12(11)15/h9-13,16H,5-8H2,1-4H3/t10-,11-,12+,13-,14-,15+/m1/s1. The minimum absolute atomic E-state index is 0.351. The molecule has 3 rings (SSSR count). The van der Waals surface area contributed by atoms with E-state index in [1.54, 1.807) is 0 Å². The Kier molecular flexibility index (Phi) is 2.11. The van der Waals surface area contributed by atoms with Crippen molar-refractivity contribution in [2.45, 2.75) is 59.0 Å². The lowest BCUT2D eigenvalue weighted by atomic mass is 9.69. The highest BCUT2D eigenvalue weighted by Crippen LogP contribution is 2.80. The lowest BCUT2D eigenvalue weighted by Gasteiger charge is -2.36. The molecule has 0 heterocycles. The summed E-state index contributed by atoms with van der Waals surface area (Å²) >= 11 is 0. The maximum atomic E-state index is 10.5. The summed E-state index contributed by atoms with van der Waals surface area (Å²) in [5, 5.41) is 10.5. The summed E-state index contributed by atoms with van der Waals surface area (Å²) in [6.07, 6.45) is 5.13. The highest BCUT2D eigenvalue weighted by atomic mass is 16.3. The van der Waals surface area contributed by atoms with E-state index >= 15 is 0 Å². The van der Waals surface area contributed by atoms with Crippen molar-refractivity contribution in [3.8, 4) is 0 Å². The summed E-state index contributed by atoms with van der Waals surface area (Å²) in [7, 11) is 0. The molecule has 0 saturated heterocycles. The Morgan fingerprint density at radius 2 is 1.88 bits per heavy atom. The first kappa shape index (κ1) is 11.1. The first-order chi connectivity index (χ1) is 7.41. The summed E-state index contributed by atoms with van der Waals surface area (Å²) in [6.45, 7) is 9.27. The molecule has 1 N–H and O–H groups in total. The highest BCUT2D eigenvalue weighted by molar-refractivity contribution is 5.26. The Labute approximate surface area is 99.6 Å². The van der Waals surface area contributed by atoms with Crippen molar-refractivity contribution in [2.24, 2.45) is 35.0 Å². The third kappa shape index (κ3) is 1.11. The van der Waals surface area contributed by atoms with Crippen molar-refractivity contribution in [1.82, 2.24) is 0 Å². The van der Waals surface area contributed by atoms with E-state index < -0.39 is 0 Å². The van der Waals surface area contributed by atoms with Crippen LogP contribution in [0.15, 0.2) is 0 Å². The molecular weight excluding hydrogens is 196 g/mol. The molecule has 3 fully saturated rings. The van der Waals surface area contributed by atoms with Gasteiger partial charge in [-0.3, -0.25) is 0 Å². The van der Waals surface area contributed by atoms with Crippen LogP contribution >= 0.6 is 0 Å². The van der Waals surface area contributed by atoms with Gasteiger partial charge in [0.05, 0.1) is 5.60 Å². The van der Waals surface area contributed by atoms with Crippen LogP contribution in [0.4, 0.5) is 0 Å². The molecule has 0 bridgehead atoms. The van der Waals surface area contributed by atoms with Gasteiger partial charge in [-0.2, -0.15) is 0 Å². The molecule has 0 aromatic heterocycles. The maximum absolute atomic E-state index is 10.5. The van der Waals surface area contributed by atoms with E-state index in [0.29, 0.717) is 11.3 Å². The Hall–Kier alpha value is -0.0400. The van der Waals surface area contributed by atoms with E-state index in [1.165, 1.54) is 19.3 Å². The molecule has 0 radical (unpaired) electrons. The second-order valence-corrected chi connectivity index (χ2v) is 7.36. The summed E-state index contributed by atoms with van der Waals surface area (Å²) in [4.78, 5) is 0. The van der Waals surface area contributed by atoms with Crippen LogP contribution in [-0.2, 0) is 0 Å². The van der Waals surface area contributed by atoms with E-state index in [0.717, 1.165) is 30.1 Å². The minimum atomic E-state index is -0.351. The molecular formula is C15H26O. The Morgan fingerprint density at radius 3 is 2.50 bits per heavy atom. The number of fused-ring (bicyclic) bond motifs is 1. The van der Waals surface area contributed by atoms with Crippen LogP contribution in [-0.4, -0.2) is 10.7 Å². The number of rotatable bonds is 1. The van der Waals surface area contributed by atoms with E-state index in [4.69, 9.17) is 0 Å². The van der Waals surface area contributed by atoms with Crippen molar-refractivity contribution in [1.29, 1.82) is 0 Å². The summed E-state index contributed by atoms with van der Waals surface area (Å²) < 4.78 is 0. The molecule has 1 spiro atoms. The van der Waals surface area contributed by atoms with Crippen LogP contribution < -0.4 is 0 Å². The fourth-order valence-electron chi connectivity index (χ4n) is 5.57. The molecule has 3 aliphatic rings. The van der Waals surface area contributed by atoms with Gasteiger partial charge >= 0.3 is 0 Å². The van der Waals surface area contributed by atoms with Crippen molar-refractivity contribution in [3.05, 3.63) is 0 Å². The van der Waals surface area contributed by atoms with Gasteiger partial charge < -0.3 is 5.11 Å². The molecule has 3 saturated carbocycles. The molecule has 3 aliphatic carbocycles. The van der Waals surface area contributed by atoms with Crippen LogP contribution in [0.2, 0.25) is 0 Å². The Morgan fingerprint density at radius 1 is 1.19 bits per heavy atom. The average Bonchev–Trinajstić information content (AvgIpc) is 2.79.